The minimum absolute atomic E-state index is 0.127. The molecule has 0 spiro atoms. The lowest BCUT2D eigenvalue weighted by Gasteiger charge is -2.03. The van der Waals surface area contributed by atoms with Crippen molar-refractivity contribution in [2.45, 2.75) is 6.92 Å². The molecule has 5 nitrogen and oxygen atoms in total. The van der Waals surface area contributed by atoms with Crippen LogP contribution in [0.4, 0.5) is 5.69 Å². The number of carboxylic acids is 1. The maximum absolute atomic E-state index is 10.5. The molecule has 1 aromatic rings. The molecule has 0 fully saturated rings. The van der Waals surface area contributed by atoms with Crippen LogP contribution in [0, 0.1) is 10.1 Å². The number of non-ortho nitro benzene ring substituents is 1. The van der Waals surface area contributed by atoms with Gasteiger partial charge in [0.2, 0.25) is 0 Å². The van der Waals surface area contributed by atoms with Gasteiger partial charge in [-0.05, 0) is 18.6 Å². The van der Waals surface area contributed by atoms with E-state index < -0.39 is 10.9 Å². The van der Waals surface area contributed by atoms with Crippen LogP contribution in [0.1, 0.15) is 12.5 Å². The van der Waals surface area contributed by atoms with Crippen LogP contribution in [0.2, 0.25) is 5.02 Å². The van der Waals surface area contributed by atoms with Crippen LogP contribution in [-0.2, 0) is 4.79 Å². The Morgan fingerprint density at radius 3 is 2.69 bits per heavy atom. The van der Waals surface area contributed by atoms with E-state index in [4.69, 9.17) is 16.7 Å². The maximum Gasteiger partial charge on any atom is 0.328 e. The summed E-state index contributed by atoms with van der Waals surface area (Å²) in [5.41, 5.74) is 0.581. The Hall–Kier alpha value is -1.88. The lowest BCUT2D eigenvalue weighted by atomic mass is 10.1. The molecule has 1 N–H and O–H groups in total. The molecule has 0 saturated heterocycles. The summed E-state index contributed by atoms with van der Waals surface area (Å²) in [5.74, 6) is -1.12. The number of hydrogen-bond donors (Lipinski definition) is 1. The third kappa shape index (κ3) is 2.80. The molecular formula is C10H8ClNO4. The summed E-state index contributed by atoms with van der Waals surface area (Å²) in [6.45, 7) is 1.53. The second kappa shape index (κ2) is 4.76. The van der Waals surface area contributed by atoms with Crippen molar-refractivity contribution in [2.75, 3.05) is 0 Å². The summed E-state index contributed by atoms with van der Waals surface area (Å²) in [7, 11) is 0. The van der Waals surface area contributed by atoms with Crippen LogP contribution in [-0.4, -0.2) is 16.0 Å². The SMILES string of the molecule is CC(=CC(=O)O)c1cc([N+](=O)[O-])ccc1Cl. The van der Waals surface area contributed by atoms with E-state index in [1.165, 1.54) is 25.1 Å². The number of carbonyl (C=O) groups is 1. The monoisotopic (exact) mass is 241 g/mol. The summed E-state index contributed by atoms with van der Waals surface area (Å²) in [4.78, 5) is 20.4. The fourth-order valence-electron chi connectivity index (χ4n) is 1.19. The van der Waals surface area contributed by atoms with Gasteiger partial charge in [0, 0.05) is 28.8 Å². The van der Waals surface area contributed by atoms with Gasteiger partial charge in [0.25, 0.3) is 5.69 Å². The largest absolute Gasteiger partial charge is 0.478 e. The summed E-state index contributed by atoms with van der Waals surface area (Å²) in [6.07, 6.45) is 0.949. The molecule has 1 rings (SSSR count). The Labute approximate surface area is 96.1 Å². The third-order valence-corrected chi connectivity index (χ3v) is 2.26. The lowest BCUT2D eigenvalue weighted by Crippen LogP contribution is -1.93. The van der Waals surface area contributed by atoms with Gasteiger partial charge >= 0.3 is 5.97 Å². The number of nitro benzene ring substituents is 1. The highest BCUT2D eigenvalue weighted by molar-refractivity contribution is 6.32. The summed E-state index contributed by atoms with van der Waals surface area (Å²) in [6, 6.07) is 3.88. The first-order valence-electron chi connectivity index (χ1n) is 4.27. The Kier molecular flexibility index (Phi) is 3.63. The van der Waals surface area contributed by atoms with Gasteiger partial charge in [-0.3, -0.25) is 10.1 Å². The van der Waals surface area contributed by atoms with Gasteiger partial charge in [-0.15, -0.1) is 0 Å². The van der Waals surface area contributed by atoms with Crippen molar-refractivity contribution in [3.05, 3.63) is 45.0 Å². The number of aliphatic carboxylic acids is 1. The highest BCUT2D eigenvalue weighted by atomic mass is 35.5. The first kappa shape index (κ1) is 12.2. The average Bonchev–Trinajstić information content (AvgIpc) is 2.16. The van der Waals surface area contributed by atoms with Gasteiger partial charge in [-0.2, -0.15) is 0 Å². The van der Waals surface area contributed by atoms with Crippen molar-refractivity contribution in [3.8, 4) is 0 Å². The van der Waals surface area contributed by atoms with Crippen molar-refractivity contribution < 1.29 is 14.8 Å². The van der Waals surface area contributed by atoms with Crippen LogP contribution in [0.5, 0.6) is 0 Å². The minimum atomic E-state index is -1.12. The van der Waals surface area contributed by atoms with Crippen LogP contribution in [0.15, 0.2) is 24.3 Å². The molecule has 1 aromatic carbocycles. The topological polar surface area (TPSA) is 80.4 Å². The van der Waals surface area contributed by atoms with Crippen molar-refractivity contribution >= 4 is 28.8 Å². The summed E-state index contributed by atoms with van der Waals surface area (Å²) < 4.78 is 0. The number of benzene rings is 1. The van der Waals surface area contributed by atoms with Crippen molar-refractivity contribution in [1.82, 2.24) is 0 Å². The van der Waals surface area contributed by atoms with Gasteiger partial charge in [0.05, 0.1) is 4.92 Å². The second-order valence-corrected chi connectivity index (χ2v) is 3.49. The molecule has 0 aliphatic carbocycles. The average molecular weight is 242 g/mol. The zero-order valence-corrected chi connectivity index (χ0v) is 9.06. The first-order valence-corrected chi connectivity index (χ1v) is 4.65. The minimum Gasteiger partial charge on any atom is -0.478 e. The maximum atomic E-state index is 10.5. The van der Waals surface area contributed by atoms with E-state index >= 15 is 0 Å². The van der Waals surface area contributed by atoms with Crippen molar-refractivity contribution in [1.29, 1.82) is 0 Å². The number of nitrogens with zero attached hydrogens (tertiary/aromatic N) is 1. The predicted molar refractivity (Wildman–Crippen MR) is 59.4 cm³/mol. The normalized spacial score (nSPS) is 11.2. The molecule has 84 valence electrons. The molecule has 0 amide bonds. The van der Waals surface area contributed by atoms with Crippen LogP contribution >= 0.6 is 11.6 Å². The van der Waals surface area contributed by atoms with E-state index in [1.54, 1.807) is 0 Å². The predicted octanol–water partition coefficient (Wildman–Crippen LogP) is 2.74. The Morgan fingerprint density at radius 2 is 2.19 bits per heavy atom. The van der Waals surface area contributed by atoms with Gasteiger partial charge < -0.3 is 5.11 Å². The lowest BCUT2D eigenvalue weighted by molar-refractivity contribution is -0.384. The zero-order chi connectivity index (χ0) is 12.3. The number of nitro groups is 1. The number of rotatable bonds is 3. The van der Waals surface area contributed by atoms with E-state index in [0.717, 1.165) is 6.08 Å². The standard InChI is InChI=1S/C10H8ClNO4/c1-6(4-10(13)14)8-5-7(12(15)16)2-3-9(8)11/h2-5H,1H3,(H,13,14). The third-order valence-electron chi connectivity index (χ3n) is 1.93. The number of hydrogen-bond acceptors (Lipinski definition) is 3. The van der Waals surface area contributed by atoms with Gasteiger partial charge in [-0.1, -0.05) is 11.6 Å². The summed E-state index contributed by atoms with van der Waals surface area (Å²) >= 11 is 5.82. The molecule has 0 radical (unpaired) electrons. The molecule has 0 unspecified atom stereocenters. The Bertz CT molecular complexity index is 482. The van der Waals surface area contributed by atoms with Gasteiger partial charge in [-0.25, -0.2) is 4.79 Å². The summed E-state index contributed by atoms with van der Waals surface area (Å²) in [5, 5.41) is 19.4. The van der Waals surface area contributed by atoms with Crippen LogP contribution < -0.4 is 0 Å². The molecule has 0 atom stereocenters. The molecular weight excluding hydrogens is 234 g/mol. The molecule has 0 bridgehead atoms. The molecule has 6 heteroatoms. The van der Waals surface area contributed by atoms with Gasteiger partial charge in [0.15, 0.2) is 0 Å². The molecule has 0 aliphatic heterocycles. The fraction of sp³-hybridized carbons (Fsp3) is 0.100. The van der Waals surface area contributed by atoms with E-state index in [0.29, 0.717) is 11.1 Å². The second-order valence-electron chi connectivity index (χ2n) is 3.09. The zero-order valence-electron chi connectivity index (χ0n) is 8.31. The fourth-order valence-corrected chi connectivity index (χ4v) is 1.46. The number of halogens is 1. The quantitative estimate of drug-likeness (QED) is 0.501. The highest BCUT2D eigenvalue weighted by Crippen LogP contribution is 2.27. The molecule has 0 heterocycles. The Balaban J connectivity index is 3.27. The van der Waals surface area contributed by atoms with Crippen molar-refractivity contribution in [2.24, 2.45) is 0 Å². The van der Waals surface area contributed by atoms with E-state index in [2.05, 4.69) is 0 Å². The molecule has 0 aliphatic rings. The van der Waals surface area contributed by atoms with Crippen LogP contribution in [0.25, 0.3) is 5.57 Å². The van der Waals surface area contributed by atoms with Crippen molar-refractivity contribution in [3.63, 3.8) is 0 Å². The number of allylic oxidation sites excluding steroid dienone is 1. The van der Waals surface area contributed by atoms with E-state index in [-0.39, 0.29) is 10.7 Å². The van der Waals surface area contributed by atoms with Crippen LogP contribution in [0.3, 0.4) is 0 Å². The highest BCUT2D eigenvalue weighted by Gasteiger charge is 2.11. The molecule has 16 heavy (non-hydrogen) atoms. The van der Waals surface area contributed by atoms with E-state index in [9.17, 15) is 14.9 Å². The smallest absolute Gasteiger partial charge is 0.328 e. The molecule has 0 aromatic heterocycles. The van der Waals surface area contributed by atoms with Gasteiger partial charge in [0.1, 0.15) is 0 Å². The van der Waals surface area contributed by atoms with E-state index in [1.807, 2.05) is 0 Å². The number of carboxylic acid groups (broad SMARTS) is 1. The molecule has 0 saturated carbocycles. The first-order chi connectivity index (χ1) is 7.41. The Morgan fingerprint density at radius 1 is 1.56 bits per heavy atom.